The van der Waals surface area contributed by atoms with Crippen molar-refractivity contribution in [2.24, 2.45) is 11.7 Å². The van der Waals surface area contributed by atoms with Crippen molar-refractivity contribution in [3.8, 4) is 0 Å². The first kappa shape index (κ1) is 15.0. The highest BCUT2D eigenvalue weighted by Gasteiger charge is 2.51. The molecule has 0 spiro atoms. The monoisotopic (exact) mass is 310 g/mol. The number of fused-ring (bicyclic) bond motifs is 1. The van der Waals surface area contributed by atoms with Gasteiger partial charge >= 0.3 is 0 Å². The Morgan fingerprint density at radius 1 is 1.29 bits per heavy atom. The first-order chi connectivity index (χ1) is 10.1. The van der Waals surface area contributed by atoms with Gasteiger partial charge in [0.1, 0.15) is 0 Å². The van der Waals surface area contributed by atoms with Gasteiger partial charge in [-0.2, -0.15) is 0 Å². The van der Waals surface area contributed by atoms with Crippen LogP contribution in [-0.4, -0.2) is 39.0 Å². The lowest BCUT2D eigenvalue weighted by atomic mass is 9.69. The third kappa shape index (κ3) is 3.29. The largest absolute Gasteiger partial charge is 0.376 e. The van der Waals surface area contributed by atoms with Crippen molar-refractivity contribution in [2.75, 3.05) is 12.4 Å². The van der Waals surface area contributed by atoms with Crippen LogP contribution in [0.25, 0.3) is 0 Å². The van der Waals surface area contributed by atoms with Gasteiger partial charge in [-0.3, -0.25) is 0 Å². The predicted molar refractivity (Wildman–Crippen MR) is 81.3 cm³/mol. The van der Waals surface area contributed by atoms with Gasteiger partial charge in [-0.25, -0.2) is 13.1 Å². The minimum absolute atomic E-state index is 0.0414. The standard InChI is InChI=1S/C15H22N2O3S/c16-13-12-7-4-9-20-15(12)14(13)17-21(18,19)10-8-11-5-2-1-3-6-11/h1-3,5-6,12-15,17H,4,7-10,16H2. The molecule has 6 heteroatoms. The van der Waals surface area contributed by atoms with E-state index in [0.29, 0.717) is 18.9 Å². The highest BCUT2D eigenvalue weighted by Crippen LogP contribution is 2.37. The van der Waals surface area contributed by atoms with Gasteiger partial charge < -0.3 is 10.5 Å². The molecule has 0 radical (unpaired) electrons. The summed E-state index contributed by atoms with van der Waals surface area (Å²) in [7, 11) is -3.33. The average Bonchev–Trinajstić information content (AvgIpc) is 2.52. The molecule has 3 rings (SSSR count). The molecule has 0 amide bonds. The number of nitrogens with one attached hydrogen (secondary N) is 1. The van der Waals surface area contributed by atoms with E-state index in [1.165, 1.54) is 0 Å². The quantitative estimate of drug-likeness (QED) is 0.837. The first-order valence-corrected chi connectivity index (χ1v) is 9.13. The zero-order valence-corrected chi connectivity index (χ0v) is 12.8. The third-order valence-electron chi connectivity index (χ3n) is 4.50. The average molecular weight is 310 g/mol. The molecule has 1 aromatic carbocycles. The Kier molecular flexibility index (Phi) is 4.31. The van der Waals surface area contributed by atoms with E-state index in [-0.39, 0.29) is 23.9 Å². The van der Waals surface area contributed by atoms with Crippen molar-refractivity contribution in [3.05, 3.63) is 35.9 Å². The summed E-state index contributed by atoms with van der Waals surface area (Å²) in [6.45, 7) is 0.704. The molecule has 4 atom stereocenters. The molecule has 2 aliphatic rings. The van der Waals surface area contributed by atoms with Gasteiger partial charge in [0.15, 0.2) is 0 Å². The van der Waals surface area contributed by atoms with Crippen LogP contribution < -0.4 is 10.5 Å². The van der Waals surface area contributed by atoms with Crippen molar-refractivity contribution in [1.82, 2.24) is 4.72 Å². The van der Waals surface area contributed by atoms with Gasteiger partial charge in [0.25, 0.3) is 0 Å². The number of nitrogens with two attached hydrogens (primary N) is 1. The lowest BCUT2D eigenvalue weighted by Gasteiger charge is -2.52. The molecule has 1 heterocycles. The second-order valence-corrected chi connectivity index (χ2v) is 7.79. The second-order valence-electron chi connectivity index (χ2n) is 5.92. The van der Waals surface area contributed by atoms with Gasteiger partial charge in [0, 0.05) is 18.6 Å². The van der Waals surface area contributed by atoms with Crippen LogP contribution in [0.15, 0.2) is 30.3 Å². The van der Waals surface area contributed by atoms with Crippen LogP contribution in [-0.2, 0) is 21.2 Å². The Hall–Kier alpha value is -0.950. The van der Waals surface area contributed by atoms with E-state index >= 15 is 0 Å². The molecule has 4 unspecified atom stereocenters. The Morgan fingerprint density at radius 2 is 2.05 bits per heavy atom. The van der Waals surface area contributed by atoms with E-state index < -0.39 is 10.0 Å². The second kappa shape index (κ2) is 6.04. The molecule has 5 nitrogen and oxygen atoms in total. The van der Waals surface area contributed by atoms with Crippen molar-refractivity contribution < 1.29 is 13.2 Å². The number of rotatable bonds is 5. The van der Waals surface area contributed by atoms with Crippen LogP contribution in [0.5, 0.6) is 0 Å². The maximum absolute atomic E-state index is 12.2. The van der Waals surface area contributed by atoms with Crippen molar-refractivity contribution >= 4 is 10.0 Å². The molecule has 2 fully saturated rings. The van der Waals surface area contributed by atoms with E-state index in [4.69, 9.17) is 10.5 Å². The molecular weight excluding hydrogens is 288 g/mol. The summed E-state index contributed by atoms with van der Waals surface area (Å²) in [5.74, 6) is 0.387. The fourth-order valence-corrected chi connectivity index (χ4v) is 4.58. The summed E-state index contributed by atoms with van der Waals surface area (Å²) < 4.78 is 32.8. The van der Waals surface area contributed by atoms with Gasteiger partial charge in [0.2, 0.25) is 10.0 Å². The van der Waals surface area contributed by atoms with E-state index in [1.807, 2.05) is 30.3 Å². The van der Waals surface area contributed by atoms with Crippen LogP contribution in [0.3, 0.4) is 0 Å². The fourth-order valence-electron chi connectivity index (χ4n) is 3.26. The molecule has 1 saturated carbocycles. The maximum Gasteiger partial charge on any atom is 0.212 e. The predicted octanol–water partition coefficient (Wildman–Crippen LogP) is 0.653. The molecule has 3 N–H and O–H groups in total. The number of hydrogen-bond acceptors (Lipinski definition) is 4. The van der Waals surface area contributed by atoms with Gasteiger partial charge in [-0.1, -0.05) is 30.3 Å². The smallest absolute Gasteiger partial charge is 0.212 e. The molecule has 0 aromatic heterocycles. The normalized spacial score (nSPS) is 32.2. The lowest BCUT2D eigenvalue weighted by Crippen LogP contribution is -2.72. The van der Waals surface area contributed by atoms with E-state index in [1.54, 1.807) is 0 Å². The van der Waals surface area contributed by atoms with Gasteiger partial charge in [-0.05, 0) is 24.8 Å². The molecular formula is C15H22N2O3S. The van der Waals surface area contributed by atoms with Crippen LogP contribution in [0.1, 0.15) is 18.4 Å². The number of sulfonamides is 1. The zero-order valence-electron chi connectivity index (χ0n) is 11.9. The highest BCUT2D eigenvalue weighted by atomic mass is 32.2. The van der Waals surface area contributed by atoms with Crippen molar-refractivity contribution in [1.29, 1.82) is 0 Å². The number of benzene rings is 1. The van der Waals surface area contributed by atoms with E-state index in [9.17, 15) is 8.42 Å². The molecule has 0 bridgehead atoms. The molecule has 1 aliphatic carbocycles. The summed E-state index contributed by atoms with van der Waals surface area (Å²) >= 11 is 0. The van der Waals surface area contributed by atoms with Gasteiger partial charge in [-0.15, -0.1) is 0 Å². The van der Waals surface area contributed by atoms with E-state index in [2.05, 4.69) is 4.72 Å². The SMILES string of the molecule is NC1C2CCCOC2C1NS(=O)(=O)CCc1ccccc1. The van der Waals surface area contributed by atoms with Crippen LogP contribution >= 0.6 is 0 Å². The Bertz CT molecular complexity index is 576. The Balaban J connectivity index is 1.56. The number of aryl methyl sites for hydroxylation is 1. The Labute approximate surface area is 125 Å². The molecule has 1 aliphatic heterocycles. The fraction of sp³-hybridized carbons (Fsp3) is 0.600. The van der Waals surface area contributed by atoms with Crippen LogP contribution in [0.2, 0.25) is 0 Å². The molecule has 1 saturated heterocycles. The summed E-state index contributed by atoms with van der Waals surface area (Å²) in [6.07, 6.45) is 2.52. The Morgan fingerprint density at radius 3 is 2.81 bits per heavy atom. The molecule has 116 valence electrons. The van der Waals surface area contributed by atoms with Gasteiger partial charge in [0.05, 0.1) is 17.9 Å². The van der Waals surface area contributed by atoms with E-state index in [0.717, 1.165) is 18.4 Å². The summed E-state index contributed by atoms with van der Waals surface area (Å²) in [6, 6.07) is 9.23. The topological polar surface area (TPSA) is 81.4 Å². The minimum Gasteiger partial charge on any atom is -0.376 e. The van der Waals surface area contributed by atoms with Crippen LogP contribution in [0, 0.1) is 5.92 Å². The summed E-state index contributed by atoms with van der Waals surface area (Å²) in [5.41, 5.74) is 7.11. The first-order valence-electron chi connectivity index (χ1n) is 7.48. The summed E-state index contributed by atoms with van der Waals surface area (Å²) in [5, 5.41) is 0. The van der Waals surface area contributed by atoms with Crippen molar-refractivity contribution in [2.45, 2.75) is 37.5 Å². The lowest BCUT2D eigenvalue weighted by molar-refractivity contribution is -0.114. The number of ether oxygens (including phenoxy) is 1. The van der Waals surface area contributed by atoms with Crippen LogP contribution in [0.4, 0.5) is 0 Å². The third-order valence-corrected chi connectivity index (χ3v) is 5.87. The minimum atomic E-state index is -3.33. The van der Waals surface area contributed by atoms with Crippen molar-refractivity contribution in [3.63, 3.8) is 0 Å². The summed E-state index contributed by atoms with van der Waals surface area (Å²) in [4.78, 5) is 0. The molecule has 21 heavy (non-hydrogen) atoms. The maximum atomic E-state index is 12.2. The number of hydrogen-bond donors (Lipinski definition) is 2. The zero-order chi connectivity index (χ0) is 14.9. The molecule has 1 aromatic rings. The highest BCUT2D eigenvalue weighted by molar-refractivity contribution is 7.89.